The molecule has 1 heterocycles. The number of halogens is 1. The number of pyridine rings is 1. The quantitative estimate of drug-likeness (QED) is 0.729. The van der Waals surface area contributed by atoms with E-state index in [1.54, 1.807) is 0 Å². The smallest absolute Gasteiger partial charge is 0.0372 e. The van der Waals surface area contributed by atoms with E-state index in [-0.39, 0.29) is 17.9 Å². The average Bonchev–Trinajstić information content (AvgIpc) is 1.86. The number of rotatable bonds is 1. The minimum Gasteiger partial charge on any atom is -0.322 e. The highest BCUT2D eigenvalue weighted by Crippen LogP contribution is 2.14. The Morgan fingerprint density at radius 2 is 1.92 bits per heavy atom. The Morgan fingerprint density at radius 1 is 1.33 bits per heavy atom. The number of hydrogen-bond acceptors (Lipinski definition) is 2. The Morgan fingerprint density at radius 3 is 2.25 bits per heavy atom. The van der Waals surface area contributed by atoms with Crippen molar-refractivity contribution in [1.82, 2.24) is 4.98 Å². The van der Waals surface area contributed by atoms with Crippen LogP contribution in [0.3, 0.4) is 0 Å². The van der Waals surface area contributed by atoms with E-state index in [0.717, 1.165) is 11.3 Å². The van der Waals surface area contributed by atoms with Gasteiger partial charge in [0.1, 0.15) is 0 Å². The topological polar surface area (TPSA) is 38.9 Å². The van der Waals surface area contributed by atoms with Crippen LogP contribution in [0.5, 0.6) is 0 Å². The molecule has 0 spiro atoms. The normalized spacial score (nSPS) is 10.7. The molecule has 2 nitrogen and oxygen atoms in total. The van der Waals surface area contributed by atoms with Gasteiger partial charge >= 0.3 is 0 Å². The highest BCUT2D eigenvalue weighted by Gasteiger charge is 2.13. The molecule has 0 saturated heterocycles. The summed E-state index contributed by atoms with van der Waals surface area (Å²) in [5.74, 6) is 0. The number of aromatic nitrogens is 1. The van der Waals surface area contributed by atoms with Crippen molar-refractivity contribution in [2.24, 2.45) is 5.73 Å². The summed E-state index contributed by atoms with van der Waals surface area (Å²) in [7, 11) is 0. The van der Waals surface area contributed by atoms with Gasteiger partial charge in [0.2, 0.25) is 0 Å². The van der Waals surface area contributed by atoms with E-state index in [9.17, 15) is 0 Å². The van der Waals surface area contributed by atoms with Crippen molar-refractivity contribution in [2.45, 2.75) is 26.3 Å². The van der Waals surface area contributed by atoms with Gasteiger partial charge in [-0.15, -0.1) is 12.4 Å². The highest BCUT2D eigenvalue weighted by atomic mass is 35.5. The van der Waals surface area contributed by atoms with E-state index in [4.69, 9.17) is 5.73 Å². The maximum Gasteiger partial charge on any atom is 0.0372 e. The predicted octanol–water partition coefficient (Wildman–Crippen LogP) is 2.01. The molecular weight excluding hydrogens is 172 g/mol. The molecule has 1 aromatic heterocycles. The summed E-state index contributed by atoms with van der Waals surface area (Å²) >= 11 is 0. The van der Waals surface area contributed by atoms with Crippen LogP contribution in [0.1, 0.15) is 25.1 Å². The first-order chi connectivity index (χ1) is 5.00. The van der Waals surface area contributed by atoms with E-state index in [1.807, 2.05) is 39.1 Å². The van der Waals surface area contributed by atoms with Crippen molar-refractivity contribution < 1.29 is 0 Å². The van der Waals surface area contributed by atoms with Gasteiger partial charge in [-0.1, -0.05) is 6.07 Å². The highest BCUT2D eigenvalue weighted by molar-refractivity contribution is 5.85. The molecule has 68 valence electrons. The molecular formula is C9H15ClN2. The summed E-state index contributed by atoms with van der Waals surface area (Å²) in [5, 5.41) is 0. The largest absolute Gasteiger partial charge is 0.322 e. The van der Waals surface area contributed by atoms with Gasteiger partial charge in [0.05, 0.1) is 0 Å². The molecule has 1 aromatic rings. The SMILES string of the molecule is Cc1ccc(C(C)(C)N)cn1.Cl. The third kappa shape index (κ3) is 2.80. The monoisotopic (exact) mass is 186 g/mol. The lowest BCUT2D eigenvalue weighted by Gasteiger charge is -2.18. The number of nitrogens with two attached hydrogens (primary N) is 1. The molecule has 0 fully saturated rings. The Labute approximate surface area is 79.6 Å². The fraction of sp³-hybridized carbons (Fsp3) is 0.444. The Bertz CT molecular complexity index is 236. The van der Waals surface area contributed by atoms with E-state index < -0.39 is 0 Å². The lowest BCUT2D eigenvalue weighted by atomic mass is 9.97. The second-order valence-corrected chi connectivity index (χ2v) is 3.41. The van der Waals surface area contributed by atoms with Crippen LogP contribution >= 0.6 is 12.4 Å². The fourth-order valence-corrected chi connectivity index (χ4v) is 0.849. The summed E-state index contributed by atoms with van der Waals surface area (Å²) in [6.45, 7) is 5.91. The van der Waals surface area contributed by atoms with Crippen LogP contribution in [0.25, 0.3) is 0 Å². The maximum absolute atomic E-state index is 5.87. The second-order valence-electron chi connectivity index (χ2n) is 3.41. The Hall–Kier alpha value is -0.600. The summed E-state index contributed by atoms with van der Waals surface area (Å²) in [6.07, 6.45) is 1.83. The summed E-state index contributed by atoms with van der Waals surface area (Å²) in [5.41, 5.74) is 7.69. The zero-order valence-corrected chi connectivity index (χ0v) is 8.48. The van der Waals surface area contributed by atoms with Crippen LogP contribution in [0.4, 0.5) is 0 Å². The zero-order chi connectivity index (χ0) is 8.48. The van der Waals surface area contributed by atoms with Crippen molar-refractivity contribution in [3.05, 3.63) is 29.6 Å². The average molecular weight is 187 g/mol. The van der Waals surface area contributed by atoms with E-state index in [2.05, 4.69) is 4.98 Å². The molecule has 12 heavy (non-hydrogen) atoms. The number of hydrogen-bond donors (Lipinski definition) is 1. The van der Waals surface area contributed by atoms with Gasteiger partial charge in [0.15, 0.2) is 0 Å². The van der Waals surface area contributed by atoms with Crippen LogP contribution in [0, 0.1) is 6.92 Å². The third-order valence-corrected chi connectivity index (χ3v) is 1.66. The van der Waals surface area contributed by atoms with Gasteiger partial charge in [-0.2, -0.15) is 0 Å². The van der Waals surface area contributed by atoms with E-state index in [1.165, 1.54) is 0 Å². The lowest BCUT2D eigenvalue weighted by molar-refractivity contribution is 0.551. The molecule has 0 aliphatic heterocycles. The minimum atomic E-state index is -0.277. The zero-order valence-electron chi connectivity index (χ0n) is 7.66. The van der Waals surface area contributed by atoms with Crippen LogP contribution in [0.2, 0.25) is 0 Å². The fourth-order valence-electron chi connectivity index (χ4n) is 0.849. The van der Waals surface area contributed by atoms with Crippen molar-refractivity contribution in [3.8, 4) is 0 Å². The molecule has 0 aliphatic rings. The molecule has 1 rings (SSSR count). The first-order valence-electron chi connectivity index (χ1n) is 3.72. The Kier molecular flexibility index (Phi) is 3.68. The summed E-state index contributed by atoms with van der Waals surface area (Å²) in [6, 6.07) is 3.99. The van der Waals surface area contributed by atoms with Crippen molar-refractivity contribution in [2.75, 3.05) is 0 Å². The minimum absolute atomic E-state index is 0. The molecule has 0 bridgehead atoms. The molecule has 0 amide bonds. The van der Waals surface area contributed by atoms with Crippen LogP contribution in [-0.4, -0.2) is 4.98 Å². The summed E-state index contributed by atoms with van der Waals surface area (Å²) in [4.78, 5) is 4.17. The molecule has 2 N–H and O–H groups in total. The second kappa shape index (κ2) is 3.87. The number of nitrogens with zero attached hydrogens (tertiary/aromatic N) is 1. The molecule has 0 atom stereocenters. The van der Waals surface area contributed by atoms with Gasteiger partial charge in [0, 0.05) is 17.4 Å². The van der Waals surface area contributed by atoms with Crippen molar-refractivity contribution >= 4 is 12.4 Å². The predicted molar refractivity (Wildman–Crippen MR) is 53.4 cm³/mol. The van der Waals surface area contributed by atoms with E-state index in [0.29, 0.717) is 0 Å². The first-order valence-corrected chi connectivity index (χ1v) is 3.72. The maximum atomic E-state index is 5.87. The number of aryl methyl sites for hydroxylation is 1. The third-order valence-electron chi connectivity index (χ3n) is 1.66. The summed E-state index contributed by atoms with van der Waals surface area (Å²) < 4.78 is 0. The standard InChI is InChI=1S/C9H14N2.ClH/c1-7-4-5-8(6-11-7)9(2,3)10;/h4-6H,10H2,1-3H3;1H. The van der Waals surface area contributed by atoms with Crippen molar-refractivity contribution in [1.29, 1.82) is 0 Å². The molecule has 3 heteroatoms. The van der Waals surface area contributed by atoms with Gasteiger partial charge in [-0.3, -0.25) is 4.98 Å². The van der Waals surface area contributed by atoms with Crippen molar-refractivity contribution in [3.63, 3.8) is 0 Å². The van der Waals surface area contributed by atoms with Crippen LogP contribution in [-0.2, 0) is 5.54 Å². The first kappa shape index (κ1) is 11.4. The van der Waals surface area contributed by atoms with Gasteiger partial charge < -0.3 is 5.73 Å². The van der Waals surface area contributed by atoms with Gasteiger partial charge in [0.25, 0.3) is 0 Å². The van der Waals surface area contributed by atoms with E-state index >= 15 is 0 Å². The van der Waals surface area contributed by atoms with Gasteiger partial charge in [-0.05, 0) is 32.4 Å². The van der Waals surface area contributed by atoms with Crippen LogP contribution in [0.15, 0.2) is 18.3 Å². The molecule has 0 radical (unpaired) electrons. The lowest BCUT2D eigenvalue weighted by Crippen LogP contribution is -2.28. The Balaban J connectivity index is 0.00000121. The molecule has 0 aromatic carbocycles. The molecule has 0 unspecified atom stereocenters. The molecule has 0 saturated carbocycles. The molecule has 0 aliphatic carbocycles. The van der Waals surface area contributed by atoms with Gasteiger partial charge in [-0.25, -0.2) is 0 Å². The van der Waals surface area contributed by atoms with Crippen LogP contribution < -0.4 is 5.73 Å².